The van der Waals surface area contributed by atoms with Crippen molar-refractivity contribution >= 4 is 11.4 Å². The lowest BCUT2D eigenvalue weighted by Gasteiger charge is -2.07. The third-order valence-electron chi connectivity index (χ3n) is 6.31. The lowest BCUT2D eigenvalue weighted by molar-refractivity contribution is 0.544. The van der Waals surface area contributed by atoms with Crippen LogP contribution in [0.15, 0.2) is 78.0 Å². The summed E-state index contributed by atoms with van der Waals surface area (Å²) in [6.07, 6.45) is 21.4. The second-order valence-corrected chi connectivity index (χ2v) is 9.20. The molecule has 0 bridgehead atoms. The first kappa shape index (κ1) is 25.8. The van der Waals surface area contributed by atoms with E-state index in [1.165, 1.54) is 82.6 Å². The molecule has 3 nitrogen and oxygen atoms in total. The Kier molecular flexibility index (Phi) is 12.1. The van der Waals surface area contributed by atoms with Crippen LogP contribution < -0.4 is 0 Å². The van der Waals surface area contributed by atoms with E-state index in [-0.39, 0.29) is 0 Å². The number of aliphatic imine (C=N–C) groups is 1. The first-order valence-corrected chi connectivity index (χ1v) is 13.4. The van der Waals surface area contributed by atoms with Gasteiger partial charge in [0.25, 0.3) is 0 Å². The molecule has 0 aliphatic heterocycles. The zero-order valence-corrected chi connectivity index (χ0v) is 21.0. The first-order valence-electron chi connectivity index (χ1n) is 13.4. The van der Waals surface area contributed by atoms with Gasteiger partial charge in [-0.2, -0.15) is 0 Å². The van der Waals surface area contributed by atoms with Crippen molar-refractivity contribution in [3.8, 4) is 0 Å². The minimum atomic E-state index is 0.801. The summed E-state index contributed by atoms with van der Waals surface area (Å²) in [7, 11) is 0. The van der Waals surface area contributed by atoms with Gasteiger partial charge in [-0.3, -0.25) is 9.97 Å². The number of aryl methyl sites for hydroxylation is 1. The van der Waals surface area contributed by atoms with E-state index in [2.05, 4.69) is 41.2 Å². The van der Waals surface area contributed by atoms with Gasteiger partial charge in [0.1, 0.15) is 5.71 Å². The molecule has 0 unspecified atom stereocenters. The summed E-state index contributed by atoms with van der Waals surface area (Å²) >= 11 is 0. The van der Waals surface area contributed by atoms with Crippen LogP contribution in [0.25, 0.3) is 0 Å². The van der Waals surface area contributed by atoms with Crippen molar-refractivity contribution in [1.29, 1.82) is 0 Å². The summed E-state index contributed by atoms with van der Waals surface area (Å²) in [5, 5.41) is 0. The molecule has 0 saturated carbocycles. The molecule has 0 saturated heterocycles. The Morgan fingerprint density at radius 2 is 1.09 bits per heavy atom. The molecule has 0 amide bonds. The predicted octanol–water partition coefficient (Wildman–Crippen LogP) is 8.89. The Morgan fingerprint density at radius 1 is 0.588 bits per heavy atom. The van der Waals surface area contributed by atoms with Crippen LogP contribution in [-0.4, -0.2) is 15.7 Å². The number of unbranched alkanes of at least 4 members (excludes halogenated alkanes) is 11. The molecule has 180 valence electrons. The van der Waals surface area contributed by atoms with Crippen LogP contribution in [0.2, 0.25) is 0 Å². The number of pyridine rings is 2. The lowest BCUT2D eigenvalue weighted by Crippen LogP contribution is -2.07. The maximum absolute atomic E-state index is 4.90. The molecule has 0 fully saturated rings. The summed E-state index contributed by atoms with van der Waals surface area (Å²) in [6, 6.07) is 20.4. The number of nitrogens with zero attached hydrogens (tertiary/aromatic N) is 3. The highest BCUT2D eigenvalue weighted by atomic mass is 14.8. The Hall–Kier alpha value is -2.81. The van der Waals surface area contributed by atoms with Gasteiger partial charge in [-0.25, -0.2) is 4.99 Å². The van der Waals surface area contributed by atoms with Crippen LogP contribution in [0, 0.1) is 0 Å². The molecule has 0 spiro atoms. The molecule has 0 aliphatic carbocycles. The van der Waals surface area contributed by atoms with Crippen molar-refractivity contribution in [3.63, 3.8) is 0 Å². The minimum absolute atomic E-state index is 0.801. The van der Waals surface area contributed by atoms with E-state index in [9.17, 15) is 0 Å². The van der Waals surface area contributed by atoms with Gasteiger partial charge in [-0.15, -0.1) is 0 Å². The van der Waals surface area contributed by atoms with Gasteiger partial charge in [0.2, 0.25) is 0 Å². The zero-order valence-electron chi connectivity index (χ0n) is 21.0. The monoisotopic (exact) mass is 455 g/mol. The van der Waals surface area contributed by atoms with Gasteiger partial charge < -0.3 is 0 Å². The van der Waals surface area contributed by atoms with Crippen molar-refractivity contribution in [1.82, 2.24) is 9.97 Å². The fourth-order valence-corrected chi connectivity index (χ4v) is 4.29. The molecular formula is C31H41N3. The molecule has 3 aromatic rings. The van der Waals surface area contributed by atoms with E-state index in [0.717, 1.165) is 29.2 Å². The maximum Gasteiger partial charge on any atom is 0.115 e. The SMILES string of the molecule is CCCCCCCCCCCCCCc1ccc(N=C(c2ccccn2)c2ccccn2)cc1. The van der Waals surface area contributed by atoms with Crippen molar-refractivity contribution in [2.75, 3.05) is 0 Å². The molecule has 34 heavy (non-hydrogen) atoms. The second kappa shape index (κ2) is 15.9. The van der Waals surface area contributed by atoms with Crippen molar-refractivity contribution in [2.45, 2.75) is 90.4 Å². The Bertz CT molecular complexity index is 892. The normalized spacial score (nSPS) is 10.9. The highest BCUT2D eigenvalue weighted by Crippen LogP contribution is 2.19. The Labute approximate surface area is 206 Å². The average Bonchev–Trinajstić information content (AvgIpc) is 2.90. The van der Waals surface area contributed by atoms with Crippen LogP contribution in [0.5, 0.6) is 0 Å². The number of hydrogen-bond acceptors (Lipinski definition) is 3. The van der Waals surface area contributed by atoms with Crippen LogP contribution in [-0.2, 0) is 6.42 Å². The highest BCUT2D eigenvalue weighted by Gasteiger charge is 2.09. The molecule has 1 aromatic carbocycles. The van der Waals surface area contributed by atoms with Gasteiger partial charge in [-0.05, 0) is 54.8 Å². The van der Waals surface area contributed by atoms with E-state index in [1.54, 1.807) is 12.4 Å². The fraction of sp³-hybridized carbons (Fsp3) is 0.452. The highest BCUT2D eigenvalue weighted by molar-refractivity contribution is 6.11. The zero-order chi connectivity index (χ0) is 23.7. The smallest absolute Gasteiger partial charge is 0.115 e. The average molecular weight is 456 g/mol. The van der Waals surface area contributed by atoms with E-state index in [4.69, 9.17) is 4.99 Å². The van der Waals surface area contributed by atoms with E-state index in [0.29, 0.717) is 0 Å². The number of aromatic nitrogens is 2. The molecule has 2 aromatic heterocycles. The van der Waals surface area contributed by atoms with E-state index >= 15 is 0 Å². The predicted molar refractivity (Wildman–Crippen MR) is 145 cm³/mol. The molecule has 2 heterocycles. The largest absolute Gasteiger partial charge is 0.255 e. The number of hydrogen-bond donors (Lipinski definition) is 0. The molecule has 0 radical (unpaired) electrons. The third kappa shape index (κ3) is 9.59. The van der Waals surface area contributed by atoms with Gasteiger partial charge >= 0.3 is 0 Å². The Balaban J connectivity index is 1.40. The van der Waals surface area contributed by atoms with Crippen LogP contribution in [0.3, 0.4) is 0 Å². The summed E-state index contributed by atoms with van der Waals surface area (Å²) in [5.74, 6) is 0. The van der Waals surface area contributed by atoms with Crippen molar-refractivity contribution < 1.29 is 0 Å². The first-order chi connectivity index (χ1) is 16.9. The Morgan fingerprint density at radius 3 is 1.56 bits per heavy atom. The minimum Gasteiger partial charge on any atom is -0.255 e. The summed E-state index contributed by atoms with van der Waals surface area (Å²) in [4.78, 5) is 13.9. The van der Waals surface area contributed by atoms with Gasteiger partial charge in [0.05, 0.1) is 17.1 Å². The van der Waals surface area contributed by atoms with Crippen molar-refractivity contribution in [3.05, 3.63) is 90.0 Å². The van der Waals surface area contributed by atoms with E-state index < -0.39 is 0 Å². The second-order valence-electron chi connectivity index (χ2n) is 9.20. The third-order valence-corrected chi connectivity index (χ3v) is 6.31. The van der Waals surface area contributed by atoms with Crippen LogP contribution >= 0.6 is 0 Å². The van der Waals surface area contributed by atoms with Crippen LogP contribution in [0.4, 0.5) is 5.69 Å². The fourth-order valence-electron chi connectivity index (χ4n) is 4.29. The van der Waals surface area contributed by atoms with Gasteiger partial charge in [0, 0.05) is 12.4 Å². The maximum atomic E-state index is 4.90. The summed E-state index contributed by atoms with van der Waals surface area (Å²) in [5.41, 5.74) is 4.80. The van der Waals surface area contributed by atoms with E-state index in [1.807, 2.05) is 36.4 Å². The van der Waals surface area contributed by atoms with Crippen LogP contribution in [0.1, 0.15) is 101 Å². The summed E-state index contributed by atoms with van der Waals surface area (Å²) < 4.78 is 0. The quantitative estimate of drug-likeness (QED) is 0.160. The van der Waals surface area contributed by atoms with Gasteiger partial charge in [-0.1, -0.05) is 102 Å². The standard InChI is InChI=1S/C31H41N3/c1-2-3-4-5-6-7-8-9-10-11-12-13-18-27-21-23-28(24-22-27)34-31(29-19-14-16-25-32-29)30-20-15-17-26-33-30/h14-17,19-26H,2-13,18H2,1H3. The number of rotatable bonds is 16. The molecule has 3 heteroatoms. The molecule has 0 atom stereocenters. The molecule has 3 rings (SSSR count). The topological polar surface area (TPSA) is 38.1 Å². The van der Waals surface area contributed by atoms with Gasteiger partial charge in [0.15, 0.2) is 0 Å². The molecular weight excluding hydrogens is 414 g/mol. The number of benzene rings is 1. The molecule has 0 N–H and O–H groups in total. The molecule has 0 aliphatic rings. The summed E-state index contributed by atoms with van der Waals surface area (Å²) in [6.45, 7) is 2.29. The van der Waals surface area contributed by atoms with Crippen molar-refractivity contribution in [2.24, 2.45) is 4.99 Å². The lowest BCUT2D eigenvalue weighted by atomic mass is 10.0.